The van der Waals surface area contributed by atoms with Gasteiger partial charge in [-0.15, -0.1) is 0 Å². The van der Waals surface area contributed by atoms with Crippen LogP contribution in [-0.2, 0) is 12.4 Å². The molecule has 8 aromatic carbocycles. The van der Waals surface area contributed by atoms with Crippen LogP contribution in [0.15, 0.2) is 152 Å². The molecule has 0 N–H and O–H groups in total. The Morgan fingerprint density at radius 3 is 1.29 bits per heavy atom. The first-order valence-corrected chi connectivity index (χ1v) is 20.6. The van der Waals surface area contributed by atoms with Gasteiger partial charge in [-0.05, 0) is 101 Å². The van der Waals surface area contributed by atoms with Crippen molar-refractivity contribution in [1.29, 1.82) is 26.3 Å². The molecule has 2 aromatic heterocycles. The summed E-state index contributed by atoms with van der Waals surface area (Å²) in [7, 11) is 0. The van der Waals surface area contributed by atoms with Crippen molar-refractivity contribution in [2.24, 2.45) is 0 Å². The minimum atomic E-state index is -5.29. The molecule has 0 bridgehead atoms. The van der Waals surface area contributed by atoms with Crippen molar-refractivity contribution in [3.8, 4) is 75.1 Å². The van der Waals surface area contributed by atoms with E-state index in [9.17, 15) is 39.5 Å². The summed E-state index contributed by atoms with van der Waals surface area (Å²) in [6, 6.07) is 49.2. The Hall–Kier alpha value is -9.61. The van der Waals surface area contributed by atoms with Crippen LogP contribution in [0.2, 0.25) is 0 Å². The van der Waals surface area contributed by atoms with E-state index in [0.29, 0.717) is 71.9 Å². The van der Waals surface area contributed by atoms with Crippen molar-refractivity contribution in [2.75, 3.05) is 0 Å². The molecular weight excluding hydrogens is 873 g/mol. The van der Waals surface area contributed by atoms with Crippen molar-refractivity contribution in [3.05, 3.63) is 191 Å². The maximum atomic E-state index is 15.4. The standard InChI is InChI=1S/C55H25F6N7/c56-54(57,58)38-13-18-41(47(24-38)55(59,60)61)46-25-50(67-48-7-3-1-5-42(48)44-16-11-33(21-51(44)67)39-14-9-31(26-62)19-35(39)28-64)37(30-66)23-53(46)68-49-8-4-2-6-43(49)45-17-12-34(22-52(45)68)40-15-10-32(27-63)20-36(40)29-65/h1-25H. The number of para-hydroxylation sites is 2. The summed E-state index contributed by atoms with van der Waals surface area (Å²) < 4.78 is 92.2. The fourth-order valence-corrected chi connectivity index (χ4v) is 9.15. The molecule has 10 rings (SSSR count). The molecule has 68 heavy (non-hydrogen) atoms. The molecule has 0 aliphatic carbocycles. The van der Waals surface area contributed by atoms with Crippen molar-refractivity contribution in [2.45, 2.75) is 12.4 Å². The average Bonchev–Trinajstić information content (AvgIpc) is 3.86. The molecule has 0 amide bonds. The number of aromatic nitrogens is 2. The Balaban J connectivity index is 1.34. The van der Waals surface area contributed by atoms with Crippen LogP contribution in [0.1, 0.15) is 38.9 Å². The fraction of sp³-hybridized carbons (Fsp3) is 0.0364. The van der Waals surface area contributed by atoms with E-state index in [1.54, 1.807) is 100 Å². The highest BCUT2D eigenvalue weighted by Gasteiger charge is 2.39. The van der Waals surface area contributed by atoms with Crippen LogP contribution in [0, 0.1) is 56.7 Å². The van der Waals surface area contributed by atoms with Crippen LogP contribution >= 0.6 is 0 Å². The van der Waals surface area contributed by atoms with Crippen LogP contribution in [-0.4, -0.2) is 9.13 Å². The van der Waals surface area contributed by atoms with E-state index in [2.05, 4.69) is 18.2 Å². The SMILES string of the molecule is N#Cc1ccc(-c2ccc3c4ccccc4n(-c4cc(-c5ccc(C(F)(F)F)cc5C(F)(F)F)c(-n5c6ccccc6c6ccc(-c7ccc(C#N)cc7C#N)cc65)cc4C#N)c3c2)c(C#N)c1. The second-order valence-corrected chi connectivity index (χ2v) is 15.9. The van der Waals surface area contributed by atoms with Gasteiger partial charge in [0.25, 0.3) is 0 Å². The van der Waals surface area contributed by atoms with E-state index in [1.165, 1.54) is 24.3 Å². The summed E-state index contributed by atoms with van der Waals surface area (Å²) in [6.45, 7) is 0. The van der Waals surface area contributed by atoms with Crippen LogP contribution in [0.25, 0.3) is 88.4 Å². The molecular formula is C55H25F6N7. The van der Waals surface area contributed by atoms with Crippen LogP contribution in [0.5, 0.6) is 0 Å². The smallest absolute Gasteiger partial charge is 0.309 e. The van der Waals surface area contributed by atoms with Gasteiger partial charge in [0.05, 0.1) is 96.7 Å². The third kappa shape index (κ3) is 6.81. The third-order valence-corrected chi connectivity index (χ3v) is 12.2. The summed E-state index contributed by atoms with van der Waals surface area (Å²) in [5.74, 6) is 0. The zero-order valence-electron chi connectivity index (χ0n) is 34.8. The van der Waals surface area contributed by atoms with E-state index in [4.69, 9.17) is 0 Å². The quantitative estimate of drug-likeness (QED) is 0.159. The van der Waals surface area contributed by atoms with E-state index in [-0.39, 0.29) is 50.8 Å². The molecule has 0 unspecified atom stereocenters. The number of rotatable bonds is 5. The van der Waals surface area contributed by atoms with Crippen molar-refractivity contribution < 1.29 is 26.3 Å². The zero-order chi connectivity index (χ0) is 47.6. The van der Waals surface area contributed by atoms with Gasteiger partial charge in [0.1, 0.15) is 6.07 Å². The summed E-state index contributed by atoms with van der Waals surface area (Å²) in [6.07, 6.45) is -10.4. The van der Waals surface area contributed by atoms with E-state index in [0.717, 1.165) is 6.07 Å². The Kier molecular flexibility index (Phi) is 9.85. The molecule has 0 radical (unpaired) electrons. The number of alkyl halides is 6. The van der Waals surface area contributed by atoms with Gasteiger partial charge in [-0.25, -0.2) is 0 Å². The summed E-state index contributed by atoms with van der Waals surface area (Å²) >= 11 is 0. The van der Waals surface area contributed by atoms with E-state index in [1.807, 2.05) is 30.3 Å². The summed E-state index contributed by atoms with van der Waals surface area (Å²) in [5.41, 5.74) is 1.29. The number of nitrogens with zero attached hydrogens (tertiary/aromatic N) is 7. The third-order valence-electron chi connectivity index (χ3n) is 12.2. The second kappa shape index (κ2) is 15.8. The Labute approximate surface area is 382 Å². The number of nitriles is 5. The Morgan fingerprint density at radius 2 is 0.824 bits per heavy atom. The number of hydrogen-bond donors (Lipinski definition) is 0. The van der Waals surface area contributed by atoms with Gasteiger partial charge in [-0.1, -0.05) is 78.9 Å². The molecule has 7 nitrogen and oxygen atoms in total. The lowest BCUT2D eigenvalue weighted by Crippen LogP contribution is -2.13. The highest BCUT2D eigenvalue weighted by molar-refractivity contribution is 6.12. The van der Waals surface area contributed by atoms with Crippen molar-refractivity contribution >= 4 is 43.6 Å². The largest absolute Gasteiger partial charge is 0.417 e. The van der Waals surface area contributed by atoms with Gasteiger partial charge in [0.2, 0.25) is 0 Å². The summed E-state index contributed by atoms with van der Waals surface area (Å²) in [4.78, 5) is 0. The average molecular weight is 898 g/mol. The van der Waals surface area contributed by atoms with Crippen LogP contribution < -0.4 is 0 Å². The van der Waals surface area contributed by atoms with Gasteiger partial charge in [-0.2, -0.15) is 52.7 Å². The molecule has 0 aliphatic heterocycles. The van der Waals surface area contributed by atoms with Crippen LogP contribution in [0.3, 0.4) is 0 Å². The molecule has 322 valence electrons. The molecule has 0 spiro atoms. The molecule has 0 aliphatic rings. The predicted molar refractivity (Wildman–Crippen MR) is 245 cm³/mol. The predicted octanol–water partition coefficient (Wildman–Crippen LogP) is 14.3. The van der Waals surface area contributed by atoms with Crippen molar-refractivity contribution in [1.82, 2.24) is 9.13 Å². The lowest BCUT2D eigenvalue weighted by Gasteiger charge is -2.22. The van der Waals surface area contributed by atoms with E-state index < -0.39 is 29.0 Å². The molecule has 10 aromatic rings. The minimum Gasteiger partial charge on any atom is -0.309 e. The van der Waals surface area contributed by atoms with Gasteiger partial charge in [-0.3, -0.25) is 0 Å². The first-order valence-electron chi connectivity index (χ1n) is 20.6. The molecule has 13 heteroatoms. The van der Waals surface area contributed by atoms with Gasteiger partial charge in [0, 0.05) is 27.1 Å². The van der Waals surface area contributed by atoms with Crippen molar-refractivity contribution in [3.63, 3.8) is 0 Å². The fourth-order valence-electron chi connectivity index (χ4n) is 9.15. The second-order valence-electron chi connectivity index (χ2n) is 15.9. The van der Waals surface area contributed by atoms with Gasteiger partial charge < -0.3 is 9.13 Å². The topological polar surface area (TPSA) is 129 Å². The summed E-state index contributed by atoms with van der Waals surface area (Å²) in [5, 5.41) is 53.1. The normalized spacial score (nSPS) is 11.6. The lowest BCUT2D eigenvalue weighted by molar-refractivity contribution is -0.142. The molecule has 0 atom stereocenters. The minimum absolute atomic E-state index is 0.00527. The number of benzene rings is 8. The number of halogens is 6. The first kappa shape index (κ1) is 42.3. The maximum Gasteiger partial charge on any atom is 0.417 e. The number of hydrogen-bond acceptors (Lipinski definition) is 5. The molecule has 2 heterocycles. The highest BCUT2D eigenvalue weighted by Crippen LogP contribution is 2.47. The highest BCUT2D eigenvalue weighted by atomic mass is 19.4. The van der Waals surface area contributed by atoms with Gasteiger partial charge >= 0.3 is 12.4 Å². The van der Waals surface area contributed by atoms with Crippen LogP contribution in [0.4, 0.5) is 26.3 Å². The van der Waals surface area contributed by atoms with E-state index >= 15 is 13.2 Å². The molecule has 0 saturated carbocycles. The Morgan fingerprint density at radius 1 is 0.353 bits per heavy atom. The maximum absolute atomic E-state index is 15.4. The molecule has 0 fully saturated rings. The zero-order valence-corrected chi connectivity index (χ0v) is 34.8. The van der Waals surface area contributed by atoms with Gasteiger partial charge in [0.15, 0.2) is 0 Å². The monoisotopic (exact) mass is 897 g/mol. The first-order chi connectivity index (χ1) is 32.8. The molecule has 0 saturated heterocycles. The Bertz CT molecular complexity index is 4020. The number of fused-ring (bicyclic) bond motifs is 6. The lowest BCUT2D eigenvalue weighted by atomic mass is 9.93.